The average molecular weight is 314 g/mol. The fraction of sp³-hybridized carbons (Fsp3) is 0.0714. The Kier molecular flexibility index (Phi) is 3.69. The van der Waals surface area contributed by atoms with Gasteiger partial charge in [0.2, 0.25) is 6.23 Å². The Labute approximate surface area is 129 Å². The monoisotopic (exact) mass is 314 g/mol. The summed E-state index contributed by atoms with van der Waals surface area (Å²) in [7, 11) is 0. The molecule has 1 atom stereocenters. The van der Waals surface area contributed by atoms with Crippen molar-refractivity contribution in [1.29, 1.82) is 0 Å². The highest BCUT2D eigenvalue weighted by atomic mass is 16.7. The summed E-state index contributed by atoms with van der Waals surface area (Å²) in [6, 6.07) is 11.7. The first-order valence-corrected chi connectivity index (χ1v) is 6.53. The largest absolute Gasteiger partial charge is 0.269 e. The minimum Gasteiger partial charge on any atom is -0.258 e. The van der Waals surface area contributed by atoms with Gasteiger partial charge in [0.25, 0.3) is 11.4 Å². The van der Waals surface area contributed by atoms with Gasteiger partial charge in [0.05, 0.1) is 15.5 Å². The van der Waals surface area contributed by atoms with E-state index in [0.29, 0.717) is 11.3 Å². The molecule has 0 saturated carbocycles. The maximum absolute atomic E-state index is 10.6. The third-order valence-electron chi connectivity index (χ3n) is 3.22. The van der Waals surface area contributed by atoms with Gasteiger partial charge in [0, 0.05) is 29.8 Å². The number of anilines is 1. The van der Waals surface area contributed by atoms with E-state index in [2.05, 4.69) is 4.99 Å². The van der Waals surface area contributed by atoms with Crippen molar-refractivity contribution in [1.82, 2.24) is 0 Å². The molecule has 2 aromatic carbocycles. The van der Waals surface area contributed by atoms with Crippen molar-refractivity contribution in [3.8, 4) is 0 Å². The Hall–Kier alpha value is -3.33. The Bertz CT molecular complexity index is 707. The third kappa shape index (κ3) is 2.99. The van der Waals surface area contributed by atoms with E-state index in [1.807, 2.05) is 0 Å². The van der Waals surface area contributed by atoms with Crippen molar-refractivity contribution in [2.75, 3.05) is 5.06 Å². The summed E-state index contributed by atoms with van der Waals surface area (Å²) in [5.74, 6) is 0. The average Bonchev–Trinajstić information content (AvgIpc) is 3.05. The van der Waals surface area contributed by atoms with Gasteiger partial charge in [-0.25, -0.2) is 14.9 Å². The molecule has 1 heterocycles. The number of nitro benzene ring substituents is 2. The van der Waals surface area contributed by atoms with Crippen molar-refractivity contribution in [3.05, 3.63) is 74.3 Å². The van der Waals surface area contributed by atoms with Crippen LogP contribution in [0.4, 0.5) is 17.1 Å². The zero-order valence-corrected chi connectivity index (χ0v) is 11.6. The molecule has 1 aliphatic heterocycles. The number of nitrogens with zero attached hydrogens (tertiary/aromatic N) is 4. The van der Waals surface area contributed by atoms with E-state index in [-0.39, 0.29) is 11.4 Å². The Morgan fingerprint density at radius 1 is 0.913 bits per heavy atom. The summed E-state index contributed by atoms with van der Waals surface area (Å²) in [5, 5.41) is 22.7. The first-order chi connectivity index (χ1) is 11.0. The second kappa shape index (κ2) is 5.81. The van der Waals surface area contributed by atoms with Crippen LogP contribution >= 0.6 is 0 Å². The molecule has 9 nitrogen and oxygen atoms in total. The molecule has 116 valence electrons. The number of aliphatic imine (C=N–C) groups is 1. The van der Waals surface area contributed by atoms with Crippen LogP contribution in [0.25, 0.3) is 0 Å². The summed E-state index contributed by atoms with van der Waals surface area (Å²) < 4.78 is 0. The minimum absolute atomic E-state index is 0.0112. The van der Waals surface area contributed by atoms with Gasteiger partial charge in [0.1, 0.15) is 6.34 Å². The Morgan fingerprint density at radius 3 is 1.96 bits per heavy atom. The summed E-state index contributed by atoms with van der Waals surface area (Å²) in [6.07, 6.45) is 0.832. The van der Waals surface area contributed by atoms with Gasteiger partial charge in [-0.05, 0) is 24.3 Å². The van der Waals surface area contributed by atoms with Crippen LogP contribution in [0, 0.1) is 20.2 Å². The molecular formula is C14H10N4O5. The topological polar surface area (TPSA) is 111 Å². The molecule has 0 amide bonds. The van der Waals surface area contributed by atoms with Crippen LogP contribution in [0.2, 0.25) is 0 Å². The van der Waals surface area contributed by atoms with Crippen LogP contribution in [0.5, 0.6) is 0 Å². The van der Waals surface area contributed by atoms with Crippen molar-refractivity contribution >= 4 is 23.4 Å². The van der Waals surface area contributed by atoms with Gasteiger partial charge in [-0.1, -0.05) is 0 Å². The molecule has 0 N–H and O–H groups in total. The van der Waals surface area contributed by atoms with Crippen molar-refractivity contribution in [2.45, 2.75) is 6.23 Å². The molecule has 0 spiro atoms. The number of hydrogen-bond acceptors (Lipinski definition) is 7. The fourth-order valence-corrected chi connectivity index (χ4v) is 2.04. The molecule has 0 aliphatic carbocycles. The van der Waals surface area contributed by atoms with E-state index in [1.165, 1.54) is 35.7 Å². The van der Waals surface area contributed by atoms with Crippen LogP contribution in [-0.4, -0.2) is 16.2 Å². The lowest BCUT2D eigenvalue weighted by Crippen LogP contribution is -2.16. The minimum atomic E-state index is -0.619. The Morgan fingerprint density at radius 2 is 1.43 bits per heavy atom. The fourth-order valence-electron chi connectivity index (χ4n) is 2.04. The third-order valence-corrected chi connectivity index (χ3v) is 3.22. The van der Waals surface area contributed by atoms with Crippen LogP contribution < -0.4 is 5.06 Å². The number of non-ortho nitro benzene ring substituents is 2. The SMILES string of the molecule is O=[N+]([O-])c1ccc(C2N=CN(c3ccc([N+](=O)[O-])cc3)O2)cc1. The van der Waals surface area contributed by atoms with E-state index in [1.54, 1.807) is 24.3 Å². The molecule has 1 aliphatic rings. The zero-order chi connectivity index (χ0) is 16.4. The van der Waals surface area contributed by atoms with Crippen LogP contribution in [0.15, 0.2) is 53.5 Å². The van der Waals surface area contributed by atoms with Gasteiger partial charge in [-0.2, -0.15) is 0 Å². The van der Waals surface area contributed by atoms with Gasteiger partial charge in [-0.15, -0.1) is 0 Å². The highest BCUT2D eigenvalue weighted by Crippen LogP contribution is 2.29. The number of benzene rings is 2. The van der Waals surface area contributed by atoms with E-state index in [0.717, 1.165) is 0 Å². The lowest BCUT2D eigenvalue weighted by molar-refractivity contribution is -0.385. The first kappa shape index (κ1) is 14.6. The molecule has 23 heavy (non-hydrogen) atoms. The summed E-state index contributed by atoms with van der Waals surface area (Å²) >= 11 is 0. The smallest absolute Gasteiger partial charge is 0.258 e. The number of rotatable bonds is 4. The number of nitro groups is 2. The van der Waals surface area contributed by atoms with E-state index in [4.69, 9.17) is 4.84 Å². The molecule has 0 fully saturated rings. The molecular weight excluding hydrogens is 304 g/mol. The van der Waals surface area contributed by atoms with Crippen molar-refractivity contribution in [3.63, 3.8) is 0 Å². The summed E-state index contributed by atoms with van der Waals surface area (Å²) in [4.78, 5) is 30.1. The molecule has 0 aromatic heterocycles. The summed E-state index contributed by atoms with van der Waals surface area (Å²) in [6.45, 7) is 0. The second-order valence-corrected chi connectivity index (χ2v) is 4.67. The predicted molar refractivity (Wildman–Crippen MR) is 81.0 cm³/mol. The van der Waals surface area contributed by atoms with Gasteiger partial charge < -0.3 is 0 Å². The molecule has 0 bridgehead atoms. The van der Waals surface area contributed by atoms with Gasteiger partial charge >= 0.3 is 0 Å². The highest BCUT2D eigenvalue weighted by molar-refractivity contribution is 5.78. The first-order valence-electron chi connectivity index (χ1n) is 6.53. The van der Waals surface area contributed by atoms with Crippen LogP contribution in [-0.2, 0) is 4.84 Å². The lowest BCUT2D eigenvalue weighted by atomic mass is 10.2. The summed E-state index contributed by atoms with van der Waals surface area (Å²) in [5.41, 5.74) is 1.22. The van der Waals surface area contributed by atoms with Crippen LogP contribution in [0.3, 0.4) is 0 Å². The lowest BCUT2D eigenvalue weighted by Gasteiger charge is -2.15. The van der Waals surface area contributed by atoms with Crippen molar-refractivity contribution in [2.24, 2.45) is 4.99 Å². The van der Waals surface area contributed by atoms with E-state index < -0.39 is 16.1 Å². The normalized spacial score (nSPS) is 16.5. The molecule has 0 saturated heterocycles. The molecule has 0 radical (unpaired) electrons. The molecule has 3 rings (SSSR count). The second-order valence-electron chi connectivity index (χ2n) is 4.67. The molecule has 1 unspecified atom stereocenters. The molecule has 9 heteroatoms. The molecule has 2 aromatic rings. The highest BCUT2D eigenvalue weighted by Gasteiger charge is 2.22. The van der Waals surface area contributed by atoms with E-state index >= 15 is 0 Å². The van der Waals surface area contributed by atoms with Gasteiger partial charge in [-0.3, -0.25) is 20.2 Å². The van der Waals surface area contributed by atoms with Crippen molar-refractivity contribution < 1.29 is 14.7 Å². The maximum Gasteiger partial charge on any atom is 0.269 e. The Balaban J connectivity index is 1.72. The zero-order valence-electron chi connectivity index (χ0n) is 11.6. The predicted octanol–water partition coefficient (Wildman–Crippen LogP) is 2.98. The number of hydroxylamine groups is 1. The maximum atomic E-state index is 10.6. The number of hydrogen-bond donors (Lipinski definition) is 0. The quantitative estimate of drug-likeness (QED) is 0.633. The van der Waals surface area contributed by atoms with E-state index in [9.17, 15) is 20.2 Å². The standard InChI is InChI=1S/C14H10N4O5/c19-17(20)12-3-1-10(2-4-12)14-15-9-16(23-14)11-5-7-13(8-6-11)18(21)22/h1-9,14H. The van der Waals surface area contributed by atoms with Crippen LogP contribution in [0.1, 0.15) is 11.8 Å². The van der Waals surface area contributed by atoms with Gasteiger partial charge in [0.15, 0.2) is 0 Å².